The molecule has 0 saturated carbocycles. The molecule has 1 aliphatic rings. The van der Waals surface area contributed by atoms with E-state index in [0.29, 0.717) is 17.1 Å². The topological polar surface area (TPSA) is 58.4 Å². The number of benzene rings is 1. The molecule has 0 aromatic heterocycles. The minimum atomic E-state index is -0.390. The molecule has 1 heterocycles. The number of piperidine rings is 1. The monoisotopic (exact) mass is 269 g/mol. The van der Waals surface area contributed by atoms with Gasteiger partial charge in [-0.05, 0) is 18.9 Å². The van der Waals surface area contributed by atoms with Gasteiger partial charge in [-0.25, -0.2) is 5.01 Å². The number of nitro groups is 1. The number of hydrogen-bond acceptors (Lipinski definition) is 4. The van der Waals surface area contributed by atoms with Gasteiger partial charge in [-0.3, -0.25) is 15.5 Å². The second kappa shape index (κ2) is 6.13. The predicted molar refractivity (Wildman–Crippen MR) is 70.4 cm³/mol. The van der Waals surface area contributed by atoms with E-state index in [1.165, 1.54) is 12.5 Å². The molecule has 5 nitrogen and oxygen atoms in total. The molecule has 18 heavy (non-hydrogen) atoms. The lowest BCUT2D eigenvalue weighted by Crippen LogP contribution is -2.41. The molecule has 1 aromatic rings. The van der Waals surface area contributed by atoms with Crippen molar-refractivity contribution >= 4 is 17.3 Å². The highest BCUT2D eigenvalue weighted by atomic mass is 35.5. The van der Waals surface area contributed by atoms with Crippen LogP contribution in [-0.4, -0.2) is 23.0 Å². The van der Waals surface area contributed by atoms with E-state index in [9.17, 15) is 10.1 Å². The summed E-state index contributed by atoms with van der Waals surface area (Å²) in [4.78, 5) is 10.5. The number of nitrogens with zero attached hydrogens (tertiary/aromatic N) is 2. The van der Waals surface area contributed by atoms with Crippen LogP contribution < -0.4 is 5.43 Å². The molecule has 1 saturated heterocycles. The van der Waals surface area contributed by atoms with Gasteiger partial charge in [-0.2, -0.15) is 0 Å². The van der Waals surface area contributed by atoms with Gasteiger partial charge < -0.3 is 0 Å². The first kappa shape index (κ1) is 13.3. The van der Waals surface area contributed by atoms with Crippen molar-refractivity contribution in [1.82, 2.24) is 10.4 Å². The molecule has 1 aliphatic heterocycles. The van der Waals surface area contributed by atoms with Gasteiger partial charge in [0, 0.05) is 25.7 Å². The third-order valence-corrected chi connectivity index (χ3v) is 3.48. The van der Waals surface area contributed by atoms with E-state index in [4.69, 9.17) is 11.6 Å². The summed E-state index contributed by atoms with van der Waals surface area (Å²) in [5.41, 5.74) is 3.85. The van der Waals surface area contributed by atoms with Crippen molar-refractivity contribution in [2.24, 2.45) is 0 Å². The van der Waals surface area contributed by atoms with E-state index < -0.39 is 0 Å². The number of hydrogen-bond donors (Lipinski definition) is 1. The maximum Gasteiger partial charge on any atom is 0.275 e. The highest BCUT2D eigenvalue weighted by Gasteiger charge is 2.17. The first-order valence-corrected chi connectivity index (χ1v) is 6.46. The maximum atomic E-state index is 10.9. The number of hydrazine groups is 1. The van der Waals surface area contributed by atoms with Crippen molar-refractivity contribution < 1.29 is 4.92 Å². The van der Waals surface area contributed by atoms with Gasteiger partial charge in [0.25, 0.3) is 5.69 Å². The van der Waals surface area contributed by atoms with E-state index >= 15 is 0 Å². The average molecular weight is 270 g/mol. The fraction of sp³-hybridized carbons (Fsp3) is 0.500. The summed E-state index contributed by atoms with van der Waals surface area (Å²) in [5.74, 6) is 0. The van der Waals surface area contributed by atoms with E-state index in [1.807, 2.05) is 0 Å². The fourth-order valence-electron chi connectivity index (χ4n) is 2.14. The van der Waals surface area contributed by atoms with Crippen LogP contribution in [0.3, 0.4) is 0 Å². The van der Waals surface area contributed by atoms with Gasteiger partial charge >= 0.3 is 0 Å². The summed E-state index contributed by atoms with van der Waals surface area (Å²) < 4.78 is 0. The van der Waals surface area contributed by atoms with Crippen molar-refractivity contribution in [3.63, 3.8) is 0 Å². The molecule has 98 valence electrons. The Morgan fingerprint density at radius 3 is 2.72 bits per heavy atom. The molecule has 0 aliphatic carbocycles. The Balaban J connectivity index is 2.05. The van der Waals surface area contributed by atoms with Gasteiger partial charge in [0.1, 0.15) is 0 Å². The molecule has 1 N–H and O–H groups in total. The van der Waals surface area contributed by atoms with E-state index in [1.54, 1.807) is 12.1 Å². The molecule has 0 bridgehead atoms. The van der Waals surface area contributed by atoms with Crippen LogP contribution in [0, 0.1) is 10.1 Å². The van der Waals surface area contributed by atoms with Crippen molar-refractivity contribution in [2.45, 2.75) is 25.8 Å². The van der Waals surface area contributed by atoms with Crippen LogP contribution in [0.4, 0.5) is 5.69 Å². The average Bonchev–Trinajstić information content (AvgIpc) is 2.38. The second-order valence-electron chi connectivity index (χ2n) is 4.38. The molecule has 0 spiro atoms. The quantitative estimate of drug-likeness (QED) is 0.674. The summed E-state index contributed by atoms with van der Waals surface area (Å²) in [7, 11) is 0. The molecular weight excluding hydrogens is 254 g/mol. The SMILES string of the molecule is O=[N+]([O-])c1cccc(Cl)c1CNN1CCCCC1. The first-order valence-electron chi connectivity index (χ1n) is 6.08. The molecule has 6 heteroatoms. The van der Waals surface area contributed by atoms with Crippen LogP contribution >= 0.6 is 11.6 Å². The van der Waals surface area contributed by atoms with Crippen molar-refractivity contribution in [1.29, 1.82) is 0 Å². The molecule has 1 aromatic carbocycles. The number of nitro benzene ring substituents is 1. The highest BCUT2D eigenvalue weighted by molar-refractivity contribution is 6.31. The second-order valence-corrected chi connectivity index (χ2v) is 4.78. The maximum absolute atomic E-state index is 10.9. The lowest BCUT2D eigenvalue weighted by molar-refractivity contribution is -0.385. The van der Waals surface area contributed by atoms with Gasteiger partial charge in [-0.15, -0.1) is 0 Å². The third kappa shape index (κ3) is 3.19. The Hall–Kier alpha value is -1.17. The minimum absolute atomic E-state index is 0.0759. The Morgan fingerprint density at radius 2 is 2.06 bits per heavy atom. The third-order valence-electron chi connectivity index (χ3n) is 3.13. The fourth-order valence-corrected chi connectivity index (χ4v) is 2.37. The van der Waals surface area contributed by atoms with Crippen LogP contribution in [-0.2, 0) is 6.54 Å². The summed E-state index contributed by atoms with van der Waals surface area (Å²) in [6, 6.07) is 4.77. The van der Waals surface area contributed by atoms with Gasteiger partial charge in [0.2, 0.25) is 0 Å². The molecule has 1 fully saturated rings. The zero-order chi connectivity index (χ0) is 13.0. The molecule has 2 rings (SSSR count). The van der Waals surface area contributed by atoms with Crippen molar-refractivity contribution in [3.05, 3.63) is 38.9 Å². The molecule has 0 atom stereocenters. The van der Waals surface area contributed by atoms with E-state index in [-0.39, 0.29) is 10.6 Å². The normalized spacial score (nSPS) is 16.7. The predicted octanol–water partition coefficient (Wildman–Crippen LogP) is 2.74. The zero-order valence-corrected chi connectivity index (χ0v) is 10.8. The van der Waals surface area contributed by atoms with Crippen LogP contribution in [0.2, 0.25) is 5.02 Å². The summed E-state index contributed by atoms with van der Waals surface area (Å²) in [6.07, 6.45) is 3.58. The van der Waals surface area contributed by atoms with Gasteiger partial charge in [0.05, 0.1) is 15.5 Å². The smallest absolute Gasteiger partial charge is 0.258 e. The summed E-state index contributed by atoms with van der Waals surface area (Å²) >= 11 is 6.03. The Morgan fingerprint density at radius 1 is 1.33 bits per heavy atom. The number of rotatable bonds is 4. The standard InChI is InChI=1S/C12H16ClN3O2/c13-11-5-4-6-12(16(17)18)10(11)9-14-15-7-2-1-3-8-15/h4-6,14H,1-3,7-9H2. The van der Waals surface area contributed by atoms with Crippen LogP contribution in [0.25, 0.3) is 0 Å². The molecule has 0 radical (unpaired) electrons. The molecule has 0 unspecified atom stereocenters. The van der Waals surface area contributed by atoms with Crippen molar-refractivity contribution in [3.8, 4) is 0 Å². The van der Waals surface area contributed by atoms with Crippen molar-refractivity contribution in [2.75, 3.05) is 13.1 Å². The van der Waals surface area contributed by atoms with Crippen LogP contribution in [0.1, 0.15) is 24.8 Å². The van der Waals surface area contributed by atoms with Gasteiger partial charge in [0.15, 0.2) is 0 Å². The largest absolute Gasteiger partial charge is 0.275 e. The molecular formula is C12H16ClN3O2. The summed E-state index contributed by atoms with van der Waals surface area (Å²) in [5, 5.41) is 13.5. The van der Waals surface area contributed by atoms with Crippen LogP contribution in [0.5, 0.6) is 0 Å². The lowest BCUT2D eigenvalue weighted by Gasteiger charge is -2.27. The number of nitrogens with one attached hydrogen (secondary N) is 1. The van der Waals surface area contributed by atoms with Gasteiger partial charge in [-0.1, -0.05) is 24.1 Å². The Bertz CT molecular complexity index is 433. The first-order chi connectivity index (χ1) is 8.68. The minimum Gasteiger partial charge on any atom is -0.258 e. The lowest BCUT2D eigenvalue weighted by atomic mass is 10.1. The van der Waals surface area contributed by atoms with Crippen LogP contribution in [0.15, 0.2) is 18.2 Å². The number of halogens is 1. The van der Waals surface area contributed by atoms with E-state index in [0.717, 1.165) is 25.9 Å². The zero-order valence-electron chi connectivity index (χ0n) is 10.1. The Labute approximate surface area is 111 Å². The highest BCUT2D eigenvalue weighted by Crippen LogP contribution is 2.26. The molecule has 0 amide bonds. The van der Waals surface area contributed by atoms with E-state index in [2.05, 4.69) is 10.4 Å². The summed E-state index contributed by atoms with van der Waals surface area (Å²) in [6.45, 7) is 2.37. The Kier molecular flexibility index (Phi) is 4.52.